The van der Waals surface area contributed by atoms with Crippen molar-refractivity contribution in [2.45, 2.75) is 12.5 Å². The highest BCUT2D eigenvalue weighted by Gasteiger charge is 2.13. The second-order valence-corrected chi connectivity index (χ2v) is 4.85. The van der Waals surface area contributed by atoms with Crippen molar-refractivity contribution in [3.63, 3.8) is 0 Å². The van der Waals surface area contributed by atoms with E-state index in [1.807, 2.05) is 54.6 Å². The summed E-state index contributed by atoms with van der Waals surface area (Å²) >= 11 is 5.87. The van der Waals surface area contributed by atoms with Crippen molar-refractivity contribution in [1.82, 2.24) is 0 Å². The van der Waals surface area contributed by atoms with E-state index in [-0.39, 0.29) is 11.9 Å². The van der Waals surface area contributed by atoms with Crippen LogP contribution in [0, 0.1) is 0 Å². The molecule has 20 heavy (non-hydrogen) atoms. The topological polar surface area (TPSA) is 70.6 Å². The largest absolute Gasteiger partial charge is 0.409 e. The Kier molecular flexibility index (Phi) is 4.85. The van der Waals surface area contributed by atoms with Crippen molar-refractivity contribution in [3.05, 3.63) is 65.2 Å². The van der Waals surface area contributed by atoms with Crippen LogP contribution in [-0.4, -0.2) is 11.0 Å². The number of halogens is 1. The number of nitrogens with two attached hydrogens (primary N) is 1. The van der Waals surface area contributed by atoms with Gasteiger partial charge in [0.1, 0.15) is 5.84 Å². The molecular formula is C15H16ClN3O. The zero-order chi connectivity index (χ0) is 14.4. The average Bonchev–Trinajstić information content (AvgIpc) is 2.49. The molecule has 1 unspecified atom stereocenters. The van der Waals surface area contributed by atoms with Crippen molar-refractivity contribution in [2.24, 2.45) is 10.9 Å². The van der Waals surface area contributed by atoms with Crippen molar-refractivity contribution in [1.29, 1.82) is 0 Å². The smallest absolute Gasteiger partial charge is 0.141 e. The lowest BCUT2D eigenvalue weighted by Crippen LogP contribution is -2.21. The van der Waals surface area contributed by atoms with Crippen molar-refractivity contribution in [3.8, 4) is 0 Å². The fourth-order valence-corrected chi connectivity index (χ4v) is 2.06. The highest BCUT2D eigenvalue weighted by atomic mass is 35.5. The zero-order valence-corrected chi connectivity index (χ0v) is 11.6. The molecule has 0 aromatic heterocycles. The van der Waals surface area contributed by atoms with E-state index in [1.165, 1.54) is 0 Å². The van der Waals surface area contributed by atoms with Gasteiger partial charge in [0.2, 0.25) is 0 Å². The third-order valence-corrected chi connectivity index (χ3v) is 3.18. The molecule has 2 rings (SSSR count). The predicted octanol–water partition coefficient (Wildman–Crippen LogP) is 3.63. The van der Waals surface area contributed by atoms with Gasteiger partial charge < -0.3 is 16.3 Å². The first kappa shape index (κ1) is 14.2. The SMILES string of the molecule is NC(CC(Nc1ccc(Cl)cc1)c1ccccc1)=NO. The third-order valence-electron chi connectivity index (χ3n) is 2.93. The molecule has 0 amide bonds. The summed E-state index contributed by atoms with van der Waals surface area (Å²) in [6.07, 6.45) is 0.406. The molecule has 0 bridgehead atoms. The predicted molar refractivity (Wildman–Crippen MR) is 82.3 cm³/mol. The number of anilines is 1. The Hall–Kier alpha value is -2.20. The number of benzene rings is 2. The first-order valence-electron chi connectivity index (χ1n) is 6.22. The summed E-state index contributed by atoms with van der Waals surface area (Å²) in [5.41, 5.74) is 7.62. The van der Waals surface area contributed by atoms with Crippen LogP contribution in [0.15, 0.2) is 59.8 Å². The summed E-state index contributed by atoms with van der Waals surface area (Å²) in [5.74, 6) is 0.181. The number of amidine groups is 1. The zero-order valence-electron chi connectivity index (χ0n) is 10.8. The van der Waals surface area contributed by atoms with Gasteiger partial charge in [0.25, 0.3) is 0 Å². The van der Waals surface area contributed by atoms with Gasteiger partial charge in [-0.3, -0.25) is 0 Å². The van der Waals surface area contributed by atoms with E-state index in [0.29, 0.717) is 11.4 Å². The van der Waals surface area contributed by atoms with Crippen LogP contribution in [-0.2, 0) is 0 Å². The lowest BCUT2D eigenvalue weighted by Gasteiger charge is -2.20. The monoisotopic (exact) mass is 289 g/mol. The Morgan fingerprint density at radius 2 is 1.80 bits per heavy atom. The highest BCUT2D eigenvalue weighted by Crippen LogP contribution is 2.23. The number of hydrogen-bond donors (Lipinski definition) is 3. The van der Waals surface area contributed by atoms with Crippen LogP contribution in [0.3, 0.4) is 0 Å². The van der Waals surface area contributed by atoms with Crippen LogP contribution in [0.25, 0.3) is 0 Å². The summed E-state index contributed by atoms with van der Waals surface area (Å²) in [7, 11) is 0. The molecule has 0 aliphatic rings. The van der Waals surface area contributed by atoms with E-state index in [2.05, 4.69) is 10.5 Å². The maximum atomic E-state index is 8.75. The minimum absolute atomic E-state index is 0.0757. The molecule has 0 spiro atoms. The fraction of sp³-hybridized carbons (Fsp3) is 0.133. The van der Waals surface area contributed by atoms with Gasteiger partial charge >= 0.3 is 0 Å². The Balaban J connectivity index is 2.20. The average molecular weight is 290 g/mol. The maximum absolute atomic E-state index is 8.75. The van der Waals surface area contributed by atoms with Gasteiger partial charge in [0, 0.05) is 17.1 Å². The summed E-state index contributed by atoms with van der Waals surface area (Å²) in [6, 6.07) is 17.2. The van der Waals surface area contributed by atoms with Crippen molar-refractivity contribution in [2.75, 3.05) is 5.32 Å². The molecular weight excluding hydrogens is 274 g/mol. The number of oxime groups is 1. The molecule has 0 radical (unpaired) electrons. The molecule has 0 heterocycles. The van der Waals surface area contributed by atoms with Crippen LogP contribution < -0.4 is 11.1 Å². The minimum Gasteiger partial charge on any atom is -0.409 e. The minimum atomic E-state index is -0.0757. The van der Waals surface area contributed by atoms with E-state index in [9.17, 15) is 0 Å². The molecule has 5 heteroatoms. The molecule has 0 saturated carbocycles. The van der Waals surface area contributed by atoms with Crippen LogP contribution in [0.5, 0.6) is 0 Å². The number of hydrogen-bond acceptors (Lipinski definition) is 3. The Labute approximate surface area is 122 Å². The quantitative estimate of drug-likeness (QED) is 0.341. The fourth-order valence-electron chi connectivity index (χ4n) is 1.93. The molecule has 2 aromatic rings. The van der Waals surface area contributed by atoms with E-state index in [4.69, 9.17) is 22.5 Å². The van der Waals surface area contributed by atoms with Crippen LogP contribution in [0.4, 0.5) is 5.69 Å². The molecule has 2 aromatic carbocycles. The molecule has 104 valence electrons. The highest BCUT2D eigenvalue weighted by molar-refractivity contribution is 6.30. The van der Waals surface area contributed by atoms with E-state index < -0.39 is 0 Å². The molecule has 0 fully saturated rings. The van der Waals surface area contributed by atoms with E-state index in [1.54, 1.807) is 0 Å². The van der Waals surface area contributed by atoms with Crippen LogP contribution in [0.1, 0.15) is 18.0 Å². The van der Waals surface area contributed by atoms with Gasteiger partial charge in [-0.2, -0.15) is 0 Å². The normalized spacial score (nSPS) is 12.9. The second-order valence-electron chi connectivity index (χ2n) is 4.41. The number of rotatable bonds is 5. The van der Waals surface area contributed by atoms with Crippen molar-refractivity contribution >= 4 is 23.1 Å². The van der Waals surface area contributed by atoms with Gasteiger partial charge in [0.05, 0.1) is 6.04 Å². The lowest BCUT2D eigenvalue weighted by molar-refractivity contribution is 0.316. The summed E-state index contributed by atoms with van der Waals surface area (Å²) in [6.45, 7) is 0. The Morgan fingerprint density at radius 1 is 1.15 bits per heavy atom. The Bertz CT molecular complexity index is 569. The molecule has 4 N–H and O–H groups in total. The van der Waals surface area contributed by atoms with E-state index in [0.717, 1.165) is 11.3 Å². The van der Waals surface area contributed by atoms with Crippen LogP contribution in [0.2, 0.25) is 5.02 Å². The summed E-state index contributed by atoms with van der Waals surface area (Å²) in [4.78, 5) is 0. The first-order chi connectivity index (χ1) is 9.69. The van der Waals surface area contributed by atoms with Crippen molar-refractivity contribution < 1.29 is 5.21 Å². The standard InChI is InChI=1S/C15H16ClN3O/c16-12-6-8-13(9-7-12)18-14(10-15(17)19-20)11-4-2-1-3-5-11/h1-9,14,18,20H,10H2,(H2,17,19). The maximum Gasteiger partial charge on any atom is 0.141 e. The molecule has 0 saturated heterocycles. The van der Waals surface area contributed by atoms with Crippen LogP contribution >= 0.6 is 11.6 Å². The van der Waals surface area contributed by atoms with Gasteiger partial charge in [-0.25, -0.2) is 0 Å². The summed E-state index contributed by atoms with van der Waals surface area (Å²) < 4.78 is 0. The summed E-state index contributed by atoms with van der Waals surface area (Å²) in [5, 5.41) is 15.8. The molecule has 4 nitrogen and oxygen atoms in total. The van der Waals surface area contributed by atoms with Gasteiger partial charge in [-0.15, -0.1) is 0 Å². The Morgan fingerprint density at radius 3 is 2.40 bits per heavy atom. The molecule has 1 atom stereocenters. The van der Waals surface area contributed by atoms with E-state index >= 15 is 0 Å². The first-order valence-corrected chi connectivity index (χ1v) is 6.60. The molecule has 0 aliphatic heterocycles. The lowest BCUT2D eigenvalue weighted by atomic mass is 10.0. The second kappa shape index (κ2) is 6.82. The van der Waals surface area contributed by atoms with Gasteiger partial charge in [0.15, 0.2) is 0 Å². The van der Waals surface area contributed by atoms with Gasteiger partial charge in [-0.1, -0.05) is 47.1 Å². The third kappa shape index (κ3) is 3.90. The number of nitrogens with zero attached hydrogens (tertiary/aromatic N) is 1. The van der Waals surface area contributed by atoms with Gasteiger partial charge in [-0.05, 0) is 29.8 Å². The number of nitrogens with one attached hydrogen (secondary N) is 1. The molecule has 0 aliphatic carbocycles.